The average Bonchev–Trinajstić information content (AvgIpc) is 3.08. The highest BCUT2D eigenvalue weighted by molar-refractivity contribution is 5.89. The molecule has 0 radical (unpaired) electrons. The standard InChI is InChI=1S/C21H23F2N3O/c22-17-5-6-18(23)19(13-17)24-21(27)25-10-7-15(8-11-25)14-26-12-9-16-3-1-2-4-20(16)26/h1-6,13,15H,7-12,14H2,(H,24,27). The largest absolute Gasteiger partial charge is 0.371 e. The molecule has 6 heteroatoms. The van der Waals surface area contributed by atoms with Crippen molar-refractivity contribution in [2.75, 3.05) is 36.4 Å². The van der Waals surface area contributed by atoms with Gasteiger partial charge in [0, 0.05) is 37.9 Å². The van der Waals surface area contributed by atoms with Crippen molar-refractivity contribution in [3.8, 4) is 0 Å². The maximum absolute atomic E-state index is 13.7. The number of urea groups is 1. The van der Waals surface area contributed by atoms with E-state index in [-0.39, 0.29) is 11.7 Å². The van der Waals surface area contributed by atoms with Crippen molar-refractivity contribution in [3.63, 3.8) is 0 Å². The Morgan fingerprint density at radius 3 is 2.67 bits per heavy atom. The molecule has 0 bridgehead atoms. The second-order valence-electron chi connectivity index (χ2n) is 7.31. The monoisotopic (exact) mass is 371 g/mol. The van der Waals surface area contributed by atoms with Gasteiger partial charge in [-0.05, 0) is 48.9 Å². The Balaban J connectivity index is 1.30. The number of anilines is 2. The normalized spacial score (nSPS) is 17.1. The van der Waals surface area contributed by atoms with Crippen molar-refractivity contribution in [2.24, 2.45) is 5.92 Å². The summed E-state index contributed by atoms with van der Waals surface area (Å²) in [6, 6.07) is 11.2. The summed E-state index contributed by atoms with van der Waals surface area (Å²) in [6.07, 6.45) is 2.92. The summed E-state index contributed by atoms with van der Waals surface area (Å²) < 4.78 is 27.0. The quantitative estimate of drug-likeness (QED) is 0.875. The van der Waals surface area contributed by atoms with E-state index in [0.29, 0.717) is 19.0 Å². The molecule has 2 aliphatic heterocycles. The maximum atomic E-state index is 13.7. The third-order valence-corrected chi connectivity index (χ3v) is 5.53. The Bertz CT molecular complexity index is 834. The number of carbonyl (C=O) groups excluding carboxylic acids is 1. The molecule has 0 atom stereocenters. The van der Waals surface area contributed by atoms with Gasteiger partial charge in [0.2, 0.25) is 0 Å². The van der Waals surface area contributed by atoms with Crippen molar-refractivity contribution in [2.45, 2.75) is 19.3 Å². The first-order chi connectivity index (χ1) is 13.1. The van der Waals surface area contributed by atoms with Gasteiger partial charge < -0.3 is 15.1 Å². The van der Waals surface area contributed by atoms with Crippen LogP contribution in [0.3, 0.4) is 0 Å². The topological polar surface area (TPSA) is 35.6 Å². The van der Waals surface area contributed by atoms with Crippen LogP contribution in [0.15, 0.2) is 42.5 Å². The van der Waals surface area contributed by atoms with Crippen LogP contribution in [-0.4, -0.2) is 37.1 Å². The van der Waals surface area contributed by atoms with E-state index >= 15 is 0 Å². The van der Waals surface area contributed by atoms with Gasteiger partial charge in [0.15, 0.2) is 0 Å². The second kappa shape index (κ2) is 7.55. The molecule has 4 rings (SSSR count). The number of para-hydroxylation sites is 1. The molecule has 0 unspecified atom stereocenters. The SMILES string of the molecule is O=C(Nc1cc(F)ccc1F)N1CCC(CN2CCc3ccccc32)CC1. The lowest BCUT2D eigenvalue weighted by atomic mass is 9.96. The molecule has 2 amide bonds. The molecule has 2 aromatic rings. The number of fused-ring (bicyclic) bond motifs is 1. The zero-order valence-corrected chi connectivity index (χ0v) is 15.1. The van der Waals surface area contributed by atoms with Crippen molar-refractivity contribution in [1.82, 2.24) is 4.90 Å². The summed E-state index contributed by atoms with van der Waals surface area (Å²) in [4.78, 5) is 16.5. The van der Waals surface area contributed by atoms with Crippen molar-refractivity contribution in [3.05, 3.63) is 59.7 Å². The van der Waals surface area contributed by atoms with Gasteiger partial charge >= 0.3 is 6.03 Å². The van der Waals surface area contributed by atoms with Gasteiger partial charge in [-0.2, -0.15) is 0 Å². The smallest absolute Gasteiger partial charge is 0.321 e. The molecule has 1 saturated heterocycles. The molecule has 1 N–H and O–H groups in total. The number of amides is 2. The third kappa shape index (κ3) is 3.89. The molecular formula is C21H23F2N3O. The average molecular weight is 371 g/mol. The number of rotatable bonds is 3. The molecule has 4 nitrogen and oxygen atoms in total. The first-order valence-electron chi connectivity index (χ1n) is 9.44. The van der Waals surface area contributed by atoms with Crippen LogP contribution >= 0.6 is 0 Å². The highest BCUT2D eigenvalue weighted by atomic mass is 19.1. The summed E-state index contributed by atoms with van der Waals surface area (Å²) in [5.74, 6) is -0.672. The Kier molecular flexibility index (Phi) is 4.97. The predicted molar refractivity (Wildman–Crippen MR) is 102 cm³/mol. The Morgan fingerprint density at radius 2 is 1.85 bits per heavy atom. The number of nitrogens with one attached hydrogen (secondary N) is 1. The van der Waals surface area contributed by atoms with Crippen molar-refractivity contribution >= 4 is 17.4 Å². The van der Waals surface area contributed by atoms with E-state index in [0.717, 1.165) is 50.6 Å². The van der Waals surface area contributed by atoms with Gasteiger partial charge in [-0.1, -0.05) is 18.2 Å². The molecular weight excluding hydrogens is 348 g/mol. The van der Waals surface area contributed by atoms with Gasteiger partial charge in [0.25, 0.3) is 0 Å². The summed E-state index contributed by atoms with van der Waals surface area (Å²) >= 11 is 0. The van der Waals surface area contributed by atoms with Crippen molar-refractivity contribution < 1.29 is 13.6 Å². The number of nitrogens with zero attached hydrogens (tertiary/aromatic N) is 2. The van der Waals surface area contributed by atoms with Crippen LogP contribution in [0.1, 0.15) is 18.4 Å². The minimum absolute atomic E-state index is 0.115. The van der Waals surface area contributed by atoms with Crippen LogP contribution in [0.4, 0.5) is 25.0 Å². The lowest BCUT2D eigenvalue weighted by Gasteiger charge is -2.34. The van der Waals surface area contributed by atoms with Crippen LogP contribution < -0.4 is 10.2 Å². The number of piperidine rings is 1. The zero-order valence-electron chi connectivity index (χ0n) is 15.1. The van der Waals surface area contributed by atoms with E-state index in [9.17, 15) is 13.6 Å². The van der Waals surface area contributed by atoms with Gasteiger partial charge in [0.1, 0.15) is 11.6 Å². The summed E-state index contributed by atoms with van der Waals surface area (Å²) in [5, 5.41) is 2.48. The molecule has 2 aliphatic rings. The second-order valence-corrected chi connectivity index (χ2v) is 7.31. The van der Waals surface area contributed by atoms with Crippen LogP contribution in [0.5, 0.6) is 0 Å². The summed E-state index contributed by atoms with van der Waals surface area (Å²) in [5.41, 5.74) is 2.63. The fourth-order valence-electron chi connectivity index (χ4n) is 4.01. The fourth-order valence-corrected chi connectivity index (χ4v) is 4.01. The number of carbonyl (C=O) groups is 1. The maximum Gasteiger partial charge on any atom is 0.321 e. The minimum Gasteiger partial charge on any atom is -0.371 e. The fraction of sp³-hybridized carbons (Fsp3) is 0.381. The van der Waals surface area contributed by atoms with Crippen LogP contribution in [-0.2, 0) is 6.42 Å². The molecule has 0 spiro atoms. The number of benzene rings is 2. The molecule has 0 aromatic heterocycles. The van der Waals surface area contributed by atoms with Gasteiger partial charge in [-0.15, -0.1) is 0 Å². The van der Waals surface area contributed by atoms with E-state index in [2.05, 4.69) is 34.5 Å². The van der Waals surface area contributed by atoms with E-state index in [1.54, 1.807) is 4.90 Å². The highest BCUT2D eigenvalue weighted by Crippen LogP contribution is 2.30. The van der Waals surface area contributed by atoms with Gasteiger partial charge in [0.05, 0.1) is 5.69 Å². The lowest BCUT2D eigenvalue weighted by Crippen LogP contribution is -2.43. The van der Waals surface area contributed by atoms with E-state index in [4.69, 9.17) is 0 Å². The Labute approximate surface area is 157 Å². The number of hydrogen-bond donors (Lipinski definition) is 1. The van der Waals surface area contributed by atoms with E-state index in [1.807, 2.05) is 0 Å². The van der Waals surface area contributed by atoms with Gasteiger partial charge in [-0.25, -0.2) is 13.6 Å². The van der Waals surface area contributed by atoms with Crippen molar-refractivity contribution in [1.29, 1.82) is 0 Å². The Morgan fingerprint density at radius 1 is 1.07 bits per heavy atom. The van der Waals surface area contributed by atoms with E-state index in [1.165, 1.54) is 11.3 Å². The van der Waals surface area contributed by atoms with Crippen LogP contribution in [0, 0.1) is 17.6 Å². The molecule has 142 valence electrons. The van der Waals surface area contributed by atoms with Crippen LogP contribution in [0.2, 0.25) is 0 Å². The number of hydrogen-bond acceptors (Lipinski definition) is 2. The van der Waals surface area contributed by atoms with E-state index < -0.39 is 11.6 Å². The molecule has 27 heavy (non-hydrogen) atoms. The molecule has 2 heterocycles. The van der Waals surface area contributed by atoms with Crippen LogP contribution in [0.25, 0.3) is 0 Å². The first-order valence-corrected chi connectivity index (χ1v) is 9.44. The zero-order chi connectivity index (χ0) is 18.8. The van der Waals surface area contributed by atoms with Gasteiger partial charge in [-0.3, -0.25) is 0 Å². The third-order valence-electron chi connectivity index (χ3n) is 5.53. The molecule has 2 aromatic carbocycles. The number of halogens is 2. The molecule has 0 saturated carbocycles. The Hall–Kier alpha value is -2.63. The number of likely N-dealkylation sites (tertiary alicyclic amines) is 1. The molecule has 0 aliphatic carbocycles. The summed E-state index contributed by atoms with van der Waals surface area (Å²) in [6.45, 7) is 3.32. The minimum atomic E-state index is -0.632. The predicted octanol–water partition coefficient (Wildman–Crippen LogP) is 4.27. The molecule has 1 fully saturated rings. The summed E-state index contributed by atoms with van der Waals surface area (Å²) in [7, 11) is 0. The highest BCUT2D eigenvalue weighted by Gasteiger charge is 2.27. The lowest BCUT2D eigenvalue weighted by molar-refractivity contribution is 0.183. The first kappa shape index (κ1) is 17.8.